The summed E-state index contributed by atoms with van der Waals surface area (Å²) >= 11 is 11.7. The molecule has 1 fully saturated rings. The molecule has 1 aliphatic carbocycles. The summed E-state index contributed by atoms with van der Waals surface area (Å²) in [6, 6.07) is 4.90. The predicted octanol–water partition coefficient (Wildman–Crippen LogP) is 2.94. The Kier molecular flexibility index (Phi) is 4.49. The van der Waals surface area contributed by atoms with Crippen molar-refractivity contribution in [1.29, 1.82) is 0 Å². The molecule has 1 aromatic rings. The predicted molar refractivity (Wildman–Crippen MR) is 71.8 cm³/mol. The van der Waals surface area contributed by atoms with Gasteiger partial charge in [-0.15, -0.1) is 0 Å². The molecule has 0 spiro atoms. The fraction of sp³-hybridized carbons (Fsp3) is 0.462. The van der Waals surface area contributed by atoms with Crippen molar-refractivity contribution in [2.75, 3.05) is 6.54 Å². The van der Waals surface area contributed by atoms with Crippen LogP contribution in [-0.2, 0) is 4.79 Å². The highest BCUT2D eigenvalue weighted by Gasteiger charge is 2.25. The molecular formula is C13H15Cl2NO2. The van der Waals surface area contributed by atoms with Crippen LogP contribution in [0, 0.1) is 5.92 Å². The molecule has 0 unspecified atom stereocenters. The summed E-state index contributed by atoms with van der Waals surface area (Å²) < 4.78 is 0. The van der Waals surface area contributed by atoms with Crippen molar-refractivity contribution in [2.24, 2.45) is 5.92 Å². The first kappa shape index (κ1) is 13.7. The zero-order valence-electron chi connectivity index (χ0n) is 9.83. The molecule has 0 aliphatic heterocycles. The summed E-state index contributed by atoms with van der Waals surface area (Å²) in [5, 5.41) is 13.7. The van der Waals surface area contributed by atoms with E-state index in [0.717, 1.165) is 19.3 Å². The lowest BCUT2D eigenvalue weighted by molar-refractivity contribution is -0.127. The van der Waals surface area contributed by atoms with E-state index in [1.165, 1.54) is 0 Å². The first-order valence-corrected chi connectivity index (χ1v) is 6.73. The van der Waals surface area contributed by atoms with Crippen LogP contribution in [-0.4, -0.2) is 17.6 Å². The van der Waals surface area contributed by atoms with E-state index in [9.17, 15) is 9.90 Å². The minimum Gasteiger partial charge on any atom is -0.387 e. The highest BCUT2D eigenvalue weighted by atomic mass is 35.5. The molecule has 5 heteroatoms. The van der Waals surface area contributed by atoms with Crippen molar-refractivity contribution in [2.45, 2.75) is 25.4 Å². The third-order valence-corrected chi connectivity index (χ3v) is 3.65. The second kappa shape index (κ2) is 5.91. The van der Waals surface area contributed by atoms with Gasteiger partial charge in [0, 0.05) is 22.5 Å². The minimum atomic E-state index is -0.787. The van der Waals surface area contributed by atoms with Gasteiger partial charge >= 0.3 is 0 Å². The molecule has 2 rings (SSSR count). The van der Waals surface area contributed by atoms with Gasteiger partial charge < -0.3 is 10.4 Å². The van der Waals surface area contributed by atoms with Gasteiger partial charge in [0.05, 0.1) is 6.10 Å². The second-order valence-electron chi connectivity index (χ2n) is 4.59. The zero-order chi connectivity index (χ0) is 13.1. The van der Waals surface area contributed by atoms with Crippen molar-refractivity contribution >= 4 is 29.1 Å². The molecule has 1 saturated carbocycles. The molecule has 3 nitrogen and oxygen atoms in total. The van der Waals surface area contributed by atoms with Crippen LogP contribution in [0.25, 0.3) is 0 Å². The number of nitrogens with one attached hydrogen (secondary N) is 1. The van der Waals surface area contributed by atoms with Crippen molar-refractivity contribution in [3.63, 3.8) is 0 Å². The Morgan fingerprint density at radius 3 is 2.44 bits per heavy atom. The molecule has 0 aromatic heterocycles. The molecule has 0 saturated heterocycles. The Labute approximate surface area is 116 Å². The number of rotatable bonds is 4. The standard InChI is InChI=1S/C13H15Cl2NO2/c14-10-4-9(5-11(15)6-10)12(17)7-16-13(18)8-2-1-3-8/h4-6,8,12,17H,1-3,7H2,(H,16,18)/t12-/m0/s1. The van der Waals surface area contributed by atoms with Crippen molar-refractivity contribution in [1.82, 2.24) is 5.32 Å². The molecule has 1 atom stereocenters. The van der Waals surface area contributed by atoms with Gasteiger partial charge in [-0.3, -0.25) is 4.79 Å². The average molecular weight is 288 g/mol. The SMILES string of the molecule is O=C(NC[C@H](O)c1cc(Cl)cc(Cl)c1)C1CCC1. The van der Waals surface area contributed by atoms with Gasteiger partial charge in [-0.1, -0.05) is 29.6 Å². The van der Waals surface area contributed by atoms with Crippen LogP contribution in [0.5, 0.6) is 0 Å². The van der Waals surface area contributed by atoms with E-state index in [2.05, 4.69) is 5.32 Å². The number of aliphatic hydroxyl groups is 1. The lowest BCUT2D eigenvalue weighted by Gasteiger charge is -2.24. The monoisotopic (exact) mass is 287 g/mol. The highest BCUT2D eigenvalue weighted by Crippen LogP contribution is 2.27. The summed E-state index contributed by atoms with van der Waals surface area (Å²) in [6.45, 7) is 0.187. The number of carbonyl (C=O) groups excluding carboxylic acids is 1. The zero-order valence-corrected chi connectivity index (χ0v) is 11.3. The van der Waals surface area contributed by atoms with Crippen molar-refractivity contribution in [3.05, 3.63) is 33.8 Å². The second-order valence-corrected chi connectivity index (χ2v) is 5.46. The smallest absolute Gasteiger partial charge is 0.223 e. The maximum atomic E-state index is 11.6. The van der Waals surface area contributed by atoms with Gasteiger partial charge in [-0.2, -0.15) is 0 Å². The van der Waals surface area contributed by atoms with Crippen LogP contribution in [0.3, 0.4) is 0 Å². The normalized spacial score (nSPS) is 17.1. The van der Waals surface area contributed by atoms with Gasteiger partial charge in [0.2, 0.25) is 5.91 Å². The number of halogens is 2. The molecule has 2 N–H and O–H groups in total. The Balaban J connectivity index is 1.90. The van der Waals surface area contributed by atoms with E-state index in [0.29, 0.717) is 15.6 Å². The number of hydrogen-bond acceptors (Lipinski definition) is 2. The molecule has 98 valence electrons. The molecule has 1 aromatic carbocycles. The quantitative estimate of drug-likeness (QED) is 0.895. The van der Waals surface area contributed by atoms with Crippen LogP contribution in [0.2, 0.25) is 10.0 Å². The van der Waals surface area contributed by atoms with Gasteiger partial charge in [0.25, 0.3) is 0 Å². The number of carbonyl (C=O) groups is 1. The molecule has 0 radical (unpaired) electrons. The maximum absolute atomic E-state index is 11.6. The first-order chi connectivity index (χ1) is 8.56. The lowest BCUT2D eigenvalue weighted by atomic mass is 9.85. The summed E-state index contributed by atoms with van der Waals surface area (Å²) in [4.78, 5) is 11.6. The fourth-order valence-corrected chi connectivity index (χ4v) is 2.44. The molecule has 0 bridgehead atoms. The summed E-state index contributed by atoms with van der Waals surface area (Å²) in [7, 11) is 0. The van der Waals surface area contributed by atoms with Crippen LogP contribution in [0.15, 0.2) is 18.2 Å². The van der Waals surface area contributed by atoms with Gasteiger partial charge in [-0.05, 0) is 36.6 Å². The summed E-state index contributed by atoms with van der Waals surface area (Å²) in [5.74, 6) is 0.147. The minimum absolute atomic E-state index is 0.0217. The average Bonchev–Trinajstić information content (AvgIpc) is 2.22. The maximum Gasteiger partial charge on any atom is 0.223 e. The van der Waals surface area contributed by atoms with Crippen molar-refractivity contribution in [3.8, 4) is 0 Å². The number of aliphatic hydroxyl groups excluding tert-OH is 1. The third-order valence-electron chi connectivity index (χ3n) is 3.22. The fourth-order valence-electron chi connectivity index (χ4n) is 1.90. The molecular weight excluding hydrogens is 273 g/mol. The number of amides is 1. The third kappa shape index (κ3) is 3.37. The molecule has 0 heterocycles. The molecule has 1 amide bonds. The lowest BCUT2D eigenvalue weighted by Crippen LogP contribution is -2.36. The van der Waals surface area contributed by atoms with Crippen LogP contribution in [0.1, 0.15) is 30.9 Å². The Bertz CT molecular complexity index is 426. The van der Waals surface area contributed by atoms with Gasteiger partial charge in [0.15, 0.2) is 0 Å². The summed E-state index contributed by atoms with van der Waals surface area (Å²) in [5.41, 5.74) is 0.612. The van der Waals surface area contributed by atoms with Crippen LogP contribution >= 0.6 is 23.2 Å². The van der Waals surface area contributed by atoms with Gasteiger partial charge in [0.1, 0.15) is 0 Å². The van der Waals surface area contributed by atoms with Crippen LogP contribution < -0.4 is 5.32 Å². The van der Waals surface area contributed by atoms with E-state index >= 15 is 0 Å². The first-order valence-electron chi connectivity index (χ1n) is 5.98. The number of benzene rings is 1. The Morgan fingerprint density at radius 2 is 1.94 bits per heavy atom. The van der Waals surface area contributed by atoms with Crippen molar-refractivity contribution < 1.29 is 9.90 Å². The van der Waals surface area contributed by atoms with E-state index < -0.39 is 6.10 Å². The Morgan fingerprint density at radius 1 is 1.33 bits per heavy atom. The number of hydrogen-bond donors (Lipinski definition) is 2. The van der Waals surface area contributed by atoms with E-state index in [4.69, 9.17) is 23.2 Å². The van der Waals surface area contributed by atoms with Crippen LogP contribution in [0.4, 0.5) is 0 Å². The van der Waals surface area contributed by atoms with E-state index in [1.54, 1.807) is 18.2 Å². The van der Waals surface area contributed by atoms with E-state index in [-0.39, 0.29) is 18.4 Å². The topological polar surface area (TPSA) is 49.3 Å². The Hall–Kier alpha value is -0.770. The van der Waals surface area contributed by atoms with Gasteiger partial charge in [-0.25, -0.2) is 0 Å². The molecule has 18 heavy (non-hydrogen) atoms. The molecule has 1 aliphatic rings. The largest absolute Gasteiger partial charge is 0.387 e. The highest BCUT2D eigenvalue weighted by molar-refractivity contribution is 6.34. The van der Waals surface area contributed by atoms with E-state index in [1.807, 2.05) is 0 Å². The summed E-state index contributed by atoms with van der Waals surface area (Å²) in [6.07, 6.45) is 2.23.